The van der Waals surface area contributed by atoms with Crippen LogP contribution in [0.1, 0.15) is 17.8 Å². The van der Waals surface area contributed by atoms with Crippen molar-refractivity contribution in [2.24, 2.45) is 0 Å². The molecule has 0 fully saturated rings. The molecule has 0 unspecified atom stereocenters. The number of hydrogen-bond donors (Lipinski definition) is 1. The Balaban J connectivity index is 2.45. The standard InChI is InChI=1S/C12H14N2O3/c1-8-9(6-7-12(15)16)13-10-4-3-5-11(17-2)14(8)10/h3-5H,6-7H2,1-2H3,(H,15,16). The van der Waals surface area contributed by atoms with Crippen LogP contribution in [0.15, 0.2) is 18.2 Å². The Morgan fingerprint density at radius 3 is 2.94 bits per heavy atom. The Kier molecular flexibility index (Phi) is 2.99. The van der Waals surface area contributed by atoms with Gasteiger partial charge < -0.3 is 9.84 Å². The van der Waals surface area contributed by atoms with Gasteiger partial charge in [-0.15, -0.1) is 0 Å². The van der Waals surface area contributed by atoms with E-state index in [0.717, 1.165) is 17.0 Å². The molecule has 0 bridgehead atoms. The van der Waals surface area contributed by atoms with Gasteiger partial charge in [0.15, 0.2) is 5.88 Å². The Bertz CT molecular complexity index is 560. The minimum Gasteiger partial charge on any atom is -0.482 e. The lowest BCUT2D eigenvalue weighted by Crippen LogP contribution is -2.00. The smallest absolute Gasteiger partial charge is 0.303 e. The second kappa shape index (κ2) is 4.45. The molecule has 2 rings (SSSR count). The molecule has 1 N–H and O–H groups in total. The first-order valence-corrected chi connectivity index (χ1v) is 5.36. The third kappa shape index (κ3) is 2.08. The average Bonchev–Trinajstić information content (AvgIpc) is 2.64. The summed E-state index contributed by atoms with van der Waals surface area (Å²) in [6.45, 7) is 1.92. The van der Waals surface area contributed by atoms with Gasteiger partial charge in [-0.05, 0) is 19.1 Å². The van der Waals surface area contributed by atoms with Crippen molar-refractivity contribution in [3.63, 3.8) is 0 Å². The first kappa shape index (κ1) is 11.4. The van der Waals surface area contributed by atoms with E-state index >= 15 is 0 Å². The van der Waals surface area contributed by atoms with Gasteiger partial charge in [0.25, 0.3) is 0 Å². The number of rotatable bonds is 4. The molecule has 0 aliphatic rings. The Morgan fingerprint density at radius 1 is 1.53 bits per heavy atom. The van der Waals surface area contributed by atoms with Gasteiger partial charge in [-0.25, -0.2) is 4.98 Å². The van der Waals surface area contributed by atoms with E-state index in [1.807, 2.05) is 29.5 Å². The van der Waals surface area contributed by atoms with Crippen LogP contribution in [0.2, 0.25) is 0 Å². The predicted molar refractivity (Wildman–Crippen MR) is 62.4 cm³/mol. The van der Waals surface area contributed by atoms with Crippen molar-refractivity contribution in [1.82, 2.24) is 9.38 Å². The highest BCUT2D eigenvalue weighted by atomic mass is 16.5. The van der Waals surface area contributed by atoms with Crippen LogP contribution in [0.3, 0.4) is 0 Å². The van der Waals surface area contributed by atoms with Crippen LogP contribution in [0.25, 0.3) is 5.65 Å². The lowest BCUT2D eigenvalue weighted by molar-refractivity contribution is -0.136. The Hall–Kier alpha value is -2.04. The van der Waals surface area contributed by atoms with Gasteiger partial charge in [0.2, 0.25) is 0 Å². The van der Waals surface area contributed by atoms with Gasteiger partial charge in [0, 0.05) is 12.1 Å². The van der Waals surface area contributed by atoms with Gasteiger partial charge in [0.1, 0.15) is 5.65 Å². The maximum Gasteiger partial charge on any atom is 0.303 e. The summed E-state index contributed by atoms with van der Waals surface area (Å²) in [4.78, 5) is 15.0. The predicted octanol–water partition coefficient (Wildman–Crippen LogP) is 1.67. The first-order chi connectivity index (χ1) is 8.13. The number of carboxylic acids is 1. The molecule has 90 valence electrons. The second-order valence-corrected chi connectivity index (χ2v) is 3.80. The van der Waals surface area contributed by atoms with Crippen LogP contribution in [-0.2, 0) is 11.2 Å². The molecule has 0 spiro atoms. The molecule has 2 heterocycles. The molecule has 2 aromatic rings. The zero-order chi connectivity index (χ0) is 12.4. The topological polar surface area (TPSA) is 63.8 Å². The number of methoxy groups -OCH3 is 1. The highest BCUT2D eigenvalue weighted by molar-refractivity contribution is 5.67. The maximum atomic E-state index is 10.6. The van der Waals surface area contributed by atoms with Crippen LogP contribution in [-0.4, -0.2) is 27.6 Å². The summed E-state index contributed by atoms with van der Waals surface area (Å²) >= 11 is 0. The number of carbonyl (C=O) groups is 1. The largest absolute Gasteiger partial charge is 0.482 e. The minimum atomic E-state index is -0.812. The van der Waals surface area contributed by atoms with Crippen molar-refractivity contribution < 1.29 is 14.6 Å². The average molecular weight is 234 g/mol. The molecule has 5 heteroatoms. The Morgan fingerprint density at radius 2 is 2.29 bits per heavy atom. The van der Waals surface area contributed by atoms with Gasteiger partial charge in [0.05, 0.1) is 19.2 Å². The molecule has 0 aliphatic heterocycles. The van der Waals surface area contributed by atoms with E-state index < -0.39 is 5.97 Å². The van der Waals surface area contributed by atoms with Gasteiger partial charge in [-0.2, -0.15) is 0 Å². The summed E-state index contributed by atoms with van der Waals surface area (Å²) in [5.41, 5.74) is 2.51. The third-order valence-electron chi connectivity index (χ3n) is 2.72. The lowest BCUT2D eigenvalue weighted by atomic mass is 10.2. The van der Waals surface area contributed by atoms with Crippen molar-refractivity contribution >= 4 is 11.6 Å². The number of aliphatic carboxylic acids is 1. The number of hydrogen-bond acceptors (Lipinski definition) is 3. The van der Waals surface area contributed by atoms with Gasteiger partial charge in [-0.3, -0.25) is 9.20 Å². The van der Waals surface area contributed by atoms with E-state index in [9.17, 15) is 4.79 Å². The van der Waals surface area contributed by atoms with Crippen LogP contribution < -0.4 is 4.74 Å². The molecule has 0 saturated carbocycles. The van der Waals surface area contributed by atoms with Crippen LogP contribution in [0.4, 0.5) is 0 Å². The van der Waals surface area contributed by atoms with E-state index in [0.29, 0.717) is 12.3 Å². The number of aryl methyl sites for hydroxylation is 2. The molecule has 5 nitrogen and oxygen atoms in total. The zero-order valence-corrected chi connectivity index (χ0v) is 9.80. The van der Waals surface area contributed by atoms with Gasteiger partial charge in [-0.1, -0.05) is 6.07 Å². The molecule has 0 aliphatic carbocycles. The molecule has 0 saturated heterocycles. The van der Waals surface area contributed by atoms with Gasteiger partial charge >= 0.3 is 5.97 Å². The minimum absolute atomic E-state index is 0.0903. The zero-order valence-electron chi connectivity index (χ0n) is 9.80. The van der Waals surface area contributed by atoms with E-state index in [1.165, 1.54) is 0 Å². The lowest BCUT2D eigenvalue weighted by Gasteiger charge is -2.04. The summed E-state index contributed by atoms with van der Waals surface area (Å²) < 4.78 is 7.14. The van der Waals surface area contributed by atoms with Crippen LogP contribution in [0, 0.1) is 6.92 Å². The molecule has 2 aromatic heterocycles. The van der Waals surface area contributed by atoms with E-state index in [1.54, 1.807) is 7.11 Å². The van der Waals surface area contributed by atoms with Crippen molar-refractivity contribution in [1.29, 1.82) is 0 Å². The molecular weight excluding hydrogens is 220 g/mol. The van der Waals surface area contributed by atoms with Crippen molar-refractivity contribution in [2.45, 2.75) is 19.8 Å². The number of ether oxygens (including phenoxy) is 1. The number of pyridine rings is 1. The molecule has 0 radical (unpaired) electrons. The van der Waals surface area contributed by atoms with Crippen molar-refractivity contribution in [3.8, 4) is 5.88 Å². The Labute approximate surface area is 98.7 Å². The number of nitrogens with zero attached hydrogens (tertiary/aromatic N) is 2. The van der Waals surface area contributed by atoms with E-state index in [-0.39, 0.29) is 6.42 Å². The maximum absolute atomic E-state index is 10.6. The number of fused-ring (bicyclic) bond motifs is 1. The molecule has 0 aromatic carbocycles. The summed E-state index contributed by atoms with van der Waals surface area (Å²) in [6, 6.07) is 5.59. The molecule has 0 amide bonds. The van der Waals surface area contributed by atoms with Crippen molar-refractivity contribution in [3.05, 3.63) is 29.6 Å². The monoisotopic (exact) mass is 234 g/mol. The van der Waals surface area contributed by atoms with E-state index in [4.69, 9.17) is 9.84 Å². The molecular formula is C12H14N2O3. The highest BCUT2D eigenvalue weighted by Gasteiger charge is 2.12. The summed E-state index contributed by atoms with van der Waals surface area (Å²) in [5.74, 6) is -0.109. The fourth-order valence-corrected chi connectivity index (χ4v) is 1.87. The number of carboxylic acid groups (broad SMARTS) is 1. The van der Waals surface area contributed by atoms with Crippen LogP contribution >= 0.6 is 0 Å². The molecule has 0 atom stereocenters. The molecule has 17 heavy (non-hydrogen) atoms. The SMILES string of the molecule is COc1cccc2nc(CCC(=O)O)c(C)n12. The number of imidazole rings is 1. The highest BCUT2D eigenvalue weighted by Crippen LogP contribution is 2.20. The fraction of sp³-hybridized carbons (Fsp3) is 0.333. The third-order valence-corrected chi connectivity index (χ3v) is 2.72. The first-order valence-electron chi connectivity index (χ1n) is 5.36. The summed E-state index contributed by atoms with van der Waals surface area (Å²) in [5, 5.41) is 8.68. The fourth-order valence-electron chi connectivity index (χ4n) is 1.87. The summed E-state index contributed by atoms with van der Waals surface area (Å²) in [7, 11) is 1.60. The van der Waals surface area contributed by atoms with E-state index in [2.05, 4.69) is 4.98 Å². The van der Waals surface area contributed by atoms with Crippen LogP contribution in [0.5, 0.6) is 5.88 Å². The van der Waals surface area contributed by atoms with Crippen molar-refractivity contribution in [2.75, 3.05) is 7.11 Å². The second-order valence-electron chi connectivity index (χ2n) is 3.80. The quantitative estimate of drug-likeness (QED) is 0.874. The summed E-state index contributed by atoms with van der Waals surface area (Å²) in [6.07, 6.45) is 0.527. The number of aromatic nitrogens is 2. The normalized spacial score (nSPS) is 10.7.